The van der Waals surface area contributed by atoms with Crippen LogP contribution in [0.25, 0.3) is 0 Å². The molecule has 10 heteroatoms. The van der Waals surface area contributed by atoms with Gasteiger partial charge in [-0.25, -0.2) is 9.97 Å². The maximum absolute atomic E-state index is 13.6. The van der Waals surface area contributed by atoms with Crippen molar-refractivity contribution in [2.24, 2.45) is 5.92 Å². The smallest absolute Gasteiger partial charge is 0.353 e. The number of nitrogens with zero attached hydrogens (tertiary/aromatic N) is 3. The number of carbonyl (C=O) groups is 1. The van der Waals surface area contributed by atoms with Crippen molar-refractivity contribution in [1.29, 1.82) is 0 Å². The maximum atomic E-state index is 13.6. The number of anilines is 1. The van der Waals surface area contributed by atoms with Gasteiger partial charge in [0.2, 0.25) is 5.91 Å². The maximum Gasteiger partial charge on any atom is 0.408 e. The van der Waals surface area contributed by atoms with E-state index in [9.17, 15) is 18.0 Å². The third-order valence-corrected chi connectivity index (χ3v) is 6.16. The van der Waals surface area contributed by atoms with Gasteiger partial charge in [0.1, 0.15) is 17.0 Å². The Morgan fingerprint density at radius 1 is 1.21 bits per heavy atom. The highest BCUT2D eigenvalue weighted by Crippen LogP contribution is 2.37. The van der Waals surface area contributed by atoms with E-state index in [-0.39, 0.29) is 42.3 Å². The predicted octanol–water partition coefficient (Wildman–Crippen LogP) is 4.45. The minimum Gasteiger partial charge on any atom is -0.353 e. The molecule has 1 amide bonds. The Balaban J connectivity index is 1.79. The molecule has 0 bridgehead atoms. The number of rotatable bonds is 4. The summed E-state index contributed by atoms with van der Waals surface area (Å²) in [5, 5.41) is 3.43. The molecule has 0 unspecified atom stereocenters. The Morgan fingerprint density at radius 3 is 2.57 bits per heavy atom. The van der Waals surface area contributed by atoms with Gasteiger partial charge in [-0.15, -0.1) is 0 Å². The highest BCUT2D eigenvalue weighted by molar-refractivity contribution is 7.98. The average molecular weight is 437 g/mol. The summed E-state index contributed by atoms with van der Waals surface area (Å²) >= 11 is 7.19. The molecule has 1 saturated heterocycles. The van der Waals surface area contributed by atoms with E-state index in [1.807, 2.05) is 0 Å². The molecule has 28 heavy (non-hydrogen) atoms. The fourth-order valence-electron chi connectivity index (χ4n) is 3.97. The molecule has 1 aliphatic heterocycles. The lowest BCUT2D eigenvalue weighted by Gasteiger charge is -2.41. The van der Waals surface area contributed by atoms with Crippen molar-refractivity contribution in [3.63, 3.8) is 0 Å². The molecular formula is C18H24ClF3N4OS. The molecular weight excluding hydrogens is 413 g/mol. The first-order valence-corrected chi connectivity index (χ1v) is 11.1. The van der Waals surface area contributed by atoms with Crippen molar-refractivity contribution in [3.8, 4) is 0 Å². The van der Waals surface area contributed by atoms with Crippen LogP contribution < -0.4 is 10.2 Å². The number of carbonyl (C=O) groups excluding carboxylic acids is 1. The van der Waals surface area contributed by atoms with Crippen LogP contribution in [0.15, 0.2) is 11.2 Å². The molecule has 2 fully saturated rings. The molecule has 156 valence electrons. The van der Waals surface area contributed by atoms with Crippen molar-refractivity contribution < 1.29 is 18.0 Å². The first kappa shape index (κ1) is 21.5. The monoisotopic (exact) mass is 436 g/mol. The van der Waals surface area contributed by atoms with E-state index in [0.29, 0.717) is 5.16 Å². The van der Waals surface area contributed by atoms with Gasteiger partial charge in [0, 0.05) is 18.7 Å². The van der Waals surface area contributed by atoms with E-state index in [1.54, 1.807) is 6.26 Å². The number of alkyl halides is 3. The number of nitrogens with one attached hydrogen (secondary N) is 1. The quantitative estimate of drug-likeness (QED) is 0.429. The molecule has 2 heterocycles. The summed E-state index contributed by atoms with van der Waals surface area (Å²) in [6, 6.07) is -0.222. The fourth-order valence-corrected chi connectivity index (χ4v) is 4.57. The van der Waals surface area contributed by atoms with E-state index in [4.69, 9.17) is 11.6 Å². The second kappa shape index (κ2) is 9.07. The highest BCUT2D eigenvalue weighted by atomic mass is 35.5. The van der Waals surface area contributed by atoms with Crippen LogP contribution in [0.3, 0.4) is 0 Å². The topological polar surface area (TPSA) is 58.1 Å². The predicted molar refractivity (Wildman–Crippen MR) is 104 cm³/mol. The van der Waals surface area contributed by atoms with Crippen LogP contribution >= 0.6 is 23.4 Å². The molecule has 5 nitrogen and oxygen atoms in total. The Labute approximate surface area is 171 Å². The van der Waals surface area contributed by atoms with Crippen LogP contribution in [0.2, 0.25) is 5.15 Å². The van der Waals surface area contributed by atoms with E-state index >= 15 is 0 Å². The standard InChI is InChI=1S/C18H24ClF3N4OS/c1-28-17-24-14(19)9-15(25-17)26-10-11(7-8-13(26)18(20,21)22)16(27)23-12-5-3-2-4-6-12/h9,11-13H,2-8,10H2,1H3,(H,23,27)/t11-,13-/m0/s1. The molecule has 1 N–H and O–H groups in total. The first-order valence-electron chi connectivity index (χ1n) is 9.50. The summed E-state index contributed by atoms with van der Waals surface area (Å²) in [6.45, 7) is -0.0378. The van der Waals surface area contributed by atoms with Gasteiger partial charge >= 0.3 is 6.18 Å². The number of amides is 1. The van der Waals surface area contributed by atoms with Crippen LogP contribution in [0.5, 0.6) is 0 Å². The Bertz CT molecular complexity index is 700. The van der Waals surface area contributed by atoms with Crippen LogP contribution in [0.1, 0.15) is 44.9 Å². The molecule has 0 radical (unpaired) electrons. The summed E-state index contributed by atoms with van der Waals surface area (Å²) < 4.78 is 40.9. The number of thioether (sulfide) groups is 1. The van der Waals surface area contributed by atoms with Crippen LogP contribution in [0.4, 0.5) is 19.0 Å². The van der Waals surface area contributed by atoms with Crippen molar-refractivity contribution in [3.05, 3.63) is 11.2 Å². The molecule has 2 atom stereocenters. The second-order valence-corrected chi connectivity index (χ2v) is 8.52. The molecule has 2 aliphatic rings. The number of halogens is 4. The first-order chi connectivity index (χ1) is 13.3. The van der Waals surface area contributed by atoms with Gasteiger partial charge in [0.05, 0.1) is 5.92 Å². The molecule has 0 spiro atoms. The summed E-state index contributed by atoms with van der Waals surface area (Å²) in [7, 11) is 0. The second-order valence-electron chi connectivity index (χ2n) is 7.36. The molecule has 1 aromatic heterocycles. The van der Waals surface area contributed by atoms with E-state index < -0.39 is 18.1 Å². The third-order valence-electron chi connectivity index (χ3n) is 5.42. The lowest BCUT2D eigenvalue weighted by molar-refractivity contribution is -0.156. The van der Waals surface area contributed by atoms with Gasteiger partial charge in [-0.2, -0.15) is 13.2 Å². The number of aromatic nitrogens is 2. The van der Waals surface area contributed by atoms with Gasteiger partial charge in [0.15, 0.2) is 5.16 Å². The van der Waals surface area contributed by atoms with Gasteiger partial charge in [-0.05, 0) is 31.9 Å². The summed E-state index contributed by atoms with van der Waals surface area (Å²) in [6.07, 6.45) is 2.57. The van der Waals surface area contributed by atoms with Crippen molar-refractivity contribution in [1.82, 2.24) is 15.3 Å². The minimum absolute atomic E-state index is 0.0378. The third kappa shape index (κ3) is 5.23. The molecule has 1 aromatic rings. The Morgan fingerprint density at radius 2 is 1.93 bits per heavy atom. The van der Waals surface area contributed by atoms with Crippen LogP contribution in [-0.4, -0.2) is 46.9 Å². The summed E-state index contributed by atoms with van der Waals surface area (Å²) in [4.78, 5) is 22.1. The zero-order valence-electron chi connectivity index (χ0n) is 15.6. The Kier molecular flexibility index (Phi) is 6.96. The zero-order chi connectivity index (χ0) is 20.3. The van der Waals surface area contributed by atoms with E-state index in [1.165, 1.54) is 29.1 Å². The SMILES string of the molecule is CSc1nc(Cl)cc(N2C[C@@H](C(=O)NC3CCCCC3)CC[C@H]2C(F)(F)F)n1. The highest BCUT2D eigenvalue weighted by Gasteiger charge is 2.48. The molecule has 1 saturated carbocycles. The van der Waals surface area contributed by atoms with Crippen molar-refractivity contribution >= 4 is 35.1 Å². The largest absolute Gasteiger partial charge is 0.408 e. The lowest BCUT2D eigenvalue weighted by atomic mass is 9.90. The van der Waals surface area contributed by atoms with E-state index in [2.05, 4.69) is 15.3 Å². The average Bonchev–Trinajstić information content (AvgIpc) is 2.67. The van der Waals surface area contributed by atoms with Crippen LogP contribution in [-0.2, 0) is 4.79 Å². The molecule has 1 aliphatic carbocycles. The lowest BCUT2D eigenvalue weighted by Crippen LogP contribution is -2.55. The number of piperidine rings is 1. The van der Waals surface area contributed by atoms with Gasteiger partial charge in [0.25, 0.3) is 0 Å². The molecule has 3 rings (SSSR count). The normalized spacial score (nSPS) is 24.2. The van der Waals surface area contributed by atoms with Gasteiger partial charge < -0.3 is 10.2 Å². The number of hydrogen-bond donors (Lipinski definition) is 1. The molecule has 0 aromatic carbocycles. The van der Waals surface area contributed by atoms with Crippen molar-refractivity contribution in [2.75, 3.05) is 17.7 Å². The zero-order valence-corrected chi connectivity index (χ0v) is 17.2. The summed E-state index contributed by atoms with van der Waals surface area (Å²) in [5.41, 5.74) is 0. The summed E-state index contributed by atoms with van der Waals surface area (Å²) in [5.74, 6) is -0.559. The van der Waals surface area contributed by atoms with Gasteiger partial charge in [-0.1, -0.05) is 42.6 Å². The Hall–Kier alpha value is -1.22. The van der Waals surface area contributed by atoms with Crippen molar-refractivity contribution in [2.45, 2.75) is 68.4 Å². The number of hydrogen-bond acceptors (Lipinski definition) is 5. The van der Waals surface area contributed by atoms with Crippen LogP contribution in [0, 0.1) is 5.92 Å². The van der Waals surface area contributed by atoms with Gasteiger partial charge in [-0.3, -0.25) is 4.79 Å². The minimum atomic E-state index is -4.41. The van der Waals surface area contributed by atoms with E-state index in [0.717, 1.165) is 25.7 Å². The fraction of sp³-hybridized carbons (Fsp3) is 0.722.